The Bertz CT molecular complexity index is 907. The van der Waals surface area contributed by atoms with Gasteiger partial charge >= 0.3 is 5.97 Å². The molecular formula is C18H22N2O7S. The molecule has 9 nitrogen and oxygen atoms in total. The van der Waals surface area contributed by atoms with Crippen LogP contribution in [0.5, 0.6) is 5.75 Å². The maximum absolute atomic E-state index is 12.4. The lowest BCUT2D eigenvalue weighted by molar-refractivity contribution is -0.151. The van der Waals surface area contributed by atoms with Gasteiger partial charge in [0, 0.05) is 33.1 Å². The number of hydrogen-bond donors (Lipinski definition) is 0. The van der Waals surface area contributed by atoms with Gasteiger partial charge in [-0.05, 0) is 30.2 Å². The molecule has 1 heterocycles. The van der Waals surface area contributed by atoms with Crippen LogP contribution in [0.15, 0.2) is 29.2 Å². The zero-order chi connectivity index (χ0) is 20.9. The van der Waals surface area contributed by atoms with Gasteiger partial charge in [-0.25, -0.2) is 17.5 Å². The Kier molecular flexibility index (Phi) is 6.92. The van der Waals surface area contributed by atoms with Crippen LogP contribution >= 0.6 is 0 Å². The summed E-state index contributed by atoms with van der Waals surface area (Å²) in [5.74, 6) is -1.44. The number of hydrogen-bond acceptors (Lipinski definition) is 7. The summed E-state index contributed by atoms with van der Waals surface area (Å²) in [6.45, 7) is -0.197. The fraction of sp³-hybridized carbons (Fsp3) is 0.389. The summed E-state index contributed by atoms with van der Waals surface area (Å²) in [5, 5.41) is 0. The van der Waals surface area contributed by atoms with E-state index in [1.165, 1.54) is 39.4 Å². The maximum Gasteiger partial charge on any atom is 0.331 e. The Morgan fingerprint density at radius 3 is 2.57 bits per heavy atom. The highest BCUT2D eigenvalue weighted by atomic mass is 32.2. The molecule has 0 aromatic heterocycles. The first kappa shape index (κ1) is 21.6. The average molecular weight is 410 g/mol. The molecule has 1 aromatic rings. The number of methoxy groups -OCH3 is 1. The van der Waals surface area contributed by atoms with Gasteiger partial charge in [0.05, 0.1) is 7.11 Å². The topological polar surface area (TPSA) is 110 Å². The first-order valence-electron chi connectivity index (χ1n) is 8.45. The van der Waals surface area contributed by atoms with E-state index in [1.807, 2.05) is 0 Å². The number of likely N-dealkylation sites (tertiary alicyclic amines) is 1. The number of carbonyl (C=O) groups excluding carboxylic acids is 3. The lowest BCUT2D eigenvalue weighted by Gasteiger charge is -2.15. The smallest absolute Gasteiger partial charge is 0.331 e. The lowest BCUT2D eigenvalue weighted by atomic mass is 10.2. The SMILES string of the molecule is COc1ccc(/C=C/C(=O)OCC(=O)N2CCCC2=O)cc1S(=O)(=O)N(C)C. The van der Waals surface area contributed by atoms with Crippen LogP contribution < -0.4 is 4.74 Å². The van der Waals surface area contributed by atoms with Gasteiger partial charge in [-0.1, -0.05) is 6.07 Å². The second kappa shape index (κ2) is 8.98. The number of esters is 1. The summed E-state index contributed by atoms with van der Waals surface area (Å²) in [6, 6.07) is 4.42. The Morgan fingerprint density at radius 2 is 2.00 bits per heavy atom. The molecule has 0 aliphatic carbocycles. The largest absolute Gasteiger partial charge is 0.495 e. The van der Waals surface area contributed by atoms with E-state index in [1.54, 1.807) is 6.07 Å². The maximum atomic E-state index is 12.4. The molecule has 1 aromatic carbocycles. The third-order valence-corrected chi connectivity index (χ3v) is 5.91. The van der Waals surface area contributed by atoms with Crippen molar-refractivity contribution < 1.29 is 32.3 Å². The fourth-order valence-corrected chi connectivity index (χ4v) is 3.61. The minimum absolute atomic E-state index is 0.0433. The molecule has 0 radical (unpaired) electrons. The predicted molar refractivity (Wildman–Crippen MR) is 99.8 cm³/mol. The van der Waals surface area contributed by atoms with Crippen molar-refractivity contribution in [2.75, 3.05) is 34.4 Å². The second-order valence-electron chi connectivity index (χ2n) is 6.18. The Balaban J connectivity index is 2.06. The summed E-state index contributed by atoms with van der Waals surface area (Å²) >= 11 is 0. The molecule has 0 unspecified atom stereocenters. The Morgan fingerprint density at radius 1 is 1.29 bits per heavy atom. The van der Waals surface area contributed by atoms with Gasteiger partial charge < -0.3 is 9.47 Å². The first-order valence-corrected chi connectivity index (χ1v) is 9.89. The predicted octanol–water partition coefficient (Wildman–Crippen LogP) is 0.651. The molecule has 1 saturated heterocycles. The molecule has 28 heavy (non-hydrogen) atoms. The number of ether oxygens (including phenoxy) is 2. The fourth-order valence-electron chi connectivity index (χ4n) is 2.53. The normalized spacial score (nSPS) is 14.7. The van der Waals surface area contributed by atoms with Gasteiger partial charge in [0.1, 0.15) is 10.6 Å². The highest BCUT2D eigenvalue weighted by Gasteiger charge is 2.26. The van der Waals surface area contributed by atoms with Crippen LogP contribution in [0.25, 0.3) is 6.08 Å². The minimum Gasteiger partial charge on any atom is -0.495 e. The summed E-state index contributed by atoms with van der Waals surface area (Å²) in [7, 11) is 0.419. The molecule has 2 amide bonds. The molecule has 1 fully saturated rings. The van der Waals surface area contributed by atoms with Crippen LogP contribution in [-0.2, 0) is 29.1 Å². The summed E-state index contributed by atoms with van der Waals surface area (Å²) in [6.07, 6.45) is 3.36. The van der Waals surface area contributed by atoms with Crippen molar-refractivity contribution in [1.82, 2.24) is 9.21 Å². The average Bonchev–Trinajstić information content (AvgIpc) is 3.10. The Labute approximate surface area is 163 Å². The highest BCUT2D eigenvalue weighted by Crippen LogP contribution is 2.27. The lowest BCUT2D eigenvalue weighted by Crippen LogP contribution is -2.35. The van der Waals surface area contributed by atoms with Crippen LogP contribution in [0.2, 0.25) is 0 Å². The molecule has 2 rings (SSSR count). The molecule has 10 heteroatoms. The zero-order valence-electron chi connectivity index (χ0n) is 15.9. The number of benzene rings is 1. The van der Waals surface area contributed by atoms with Gasteiger partial charge in [-0.3, -0.25) is 14.5 Å². The molecule has 0 N–H and O–H groups in total. The molecule has 0 bridgehead atoms. The van der Waals surface area contributed by atoms with Crippen molar-refractivity contribution in [3.63, 3.8) is 0 Å². The van der Waals surface area contributed by atoms with Gasteiger partial charge in [0.15, 0.2) is 6.61 Å². The number of imide groups is 1. The van der Waals surface area contributed by atoms with E-state index < -0.39 is 28.5 Å². The number of nitrogens with zero attached hydrogens (tertiary/aromatic N) is 2. The van der Waals surface area contributed by atoms with Gasteiger partial charge in [0.2, 0.25) is 15.9 Å². The number of carbonyl (C=O) groups is 3. The van der Waals surface area contributed by atoms with Crippen LogP contribution in [0, 0.1) is 0 Å². The van der Waals surface area contributed by atoms with Gasteiger partial charge in [-0.15, -0.1) is 0 Å². The summed E-state index contributed by atoms with van der Waals surface area (Å²) in [4.78, 5) is 36.2. The third-order valence-electron chi connectivity index (χ3n) is 4.07. The first-order chi connectivity index (χ1) is 13.2. The van der Waals surface area contributed by atoms with Crippen molar-refractivity contribution in [2.24, 2.45) is 0 Å². The monoisotopic (exact) mass is 410 g/mol. The molecule has 0 atom stereocenters. The van der Waals surface area contributed by atoms with E-state index in [4.69, 9.17) is 9.47 Å². The van der Waals surface area contributed by atoms with E-state index >= 15 is 0 Å². The quantitative estimate of drug-likeness (QED) is 0.479. The second-order valence-corrected chi connectivity index (χ2v) is 8.30. The molecule has 0 spiro atoms. The zero-order valence-corrected chi connectivity index (χ0v) is 16.7. The van der Waals surface area contributed by atoms with E-state index in [0.29, 0.717) is 24.9 Å². The van der Waals surface area contributed by atoms with E-state index in [0.717, 1.165) is 15.3 Å². The molecule has 1 aliphatic heterocycles. The van der Waals surface area contributed by atoms with Crippen LogP contribution in [0.4, 0.5) is 0 Å². The summed E-state index contributed by atoms with van der Waals surface area (Å²) in [5.41, 5.74) is 0.430. The van der Waals surface area contributed by atoms with Crippen LogP contribution in [0.1, 0.15) is 18.4 Å². The minimum atomic E-state index is -3.74. The molecule has 0 saturated carbocycles. The molecular weight excluding hydrogens is 388 g/mol. The van der Waals surface area contributed by atoms with E-state index in [9.17, 15) is 22.8 Å². The number of rotatable bonds is 7. The van der Waals surface area contributed by atoms with Crippen molar-refractivity contribution in [2.45, 2.75) is 17.7 Å². The van der Waals surface area contributed by atoms with Gasteiger partial charge in [-0.2, -0.15) is 0 Å². The van der Waals surface area contributed by atoms with Crippen LogP contribution in [0.3, 0.4) is 0 Å². The number of sulfonamides is 1. The molecule has 1 aliphatic rings. The van der Waals surface area contributed by atoms with Crippen molar-refractivity contribution in [1.29, 1.82) is 0 Å². The highest BCUT2D eigenvalue weighted by molar-refractivity contribution is 7.89. The molecule has 152 valence electrons. The van der Waals surface area contributed by atoms with Crippen LogP contribution in [-0.4, -0.2) is 69.8 Å². The number of amides is 2. The summed E-state index contributed by atoms with van der Waals surface area (Å²) < 4.78 is 35.8. The standard InChI is InChI=1S/C18H22N2O7S/c1-19(2)28(24,25)15-11-13(6-8-14(15)26-3)7-9-18(23)27-12-17(22)20-10-4-5-16(20)21/h6-9,11H,4-5,10,12H2,1-3H3/b9-7+. The third kappa shape index (κ3) is 4.96. The van der Waals surface area contributed by atoms with E-state index in [2.05, 4.69) is 0 Å². The van der Waals surface area contributed by atoms with Gasteiger partial charge in [0.25, 0.3) is 5.91 Å². The van der Waals surface area contributed by atoms with Crippen molar-refractivity contribution >= 4 is 33.9 Å². The Hall–Kier alpha value is -2.72. The van der Waals surface area contributed by atoms with Crippen molar-refractivity contribution in [3.8, 4) is 5.75 Å². The van der Waals surface area contributed by atoms with E-state index in [-0.39, 0.29) is 16.6 Å². The van der Waals surface area contributed by atoms with Crippen molar-refractivity contribution in [3.05, 3.63) is 29.8 Å².